The van der Waals surface area contributed by atoms with E-state index < -0.39 is 11.6 Å². The van der Waals surface area contributed by atoms with Gasteiger partial charge in [-0.2, -0.15) is 0 Å². The monoisotopic (exact) mass is 534 g/mol. The quantitative estimate of drug-likeness (QED) is 0.329. The average molecular weight is 534 g/mol. The van der Waals surface area contributed by atoms with Crippen LogP contribution >= 0.6 is 24.0 Å². The summed E-state index contributed by atoms with van der Waals surface area (Å²) in [6, 6.07) is 4.20. The van der Waals surface area contributed by atoms with Crippen LogP contribution in [0.5, 0.6) is 0 Å². The summed E-state index contributed by atoms with van der Waals surface area (Å²) in [7, 11) is 1.70. The molecule has 1 saturated carbocycles. The molecule has 1 amide bonds. The molecule has 2 unspecified atom stereocenters. The molecular formula is C22H33F2IN4O. The largest absolute Gasteiger partial charge is 0.354 e. The molecule has 1 heterocycles. The highest BCUT2D eigenvalue weighted by Crippen LogP contribution is 2.43. The van der Waals surface area contributed by atoms with Crippen LogP contribution < -0.4 is 10.6 Å². The molecule has 2 fully saturated rings. The van der Waals surface area contributed by atoms with Crippen molar-refractivity contribution in [2.75, 3.05) is 20.1 Å². The highest BCUT2D eigenvalue weighted by atomic mass is 127. The van der Waals surface area contributed by atoms with E-state index in [1.54, 1.807) is 7.05 Å². The third-order valence-corrected chi connectivity index (χ3v) is 6.19. The molecule has 0 aromatic heterocycles. The minimum atomic E-state index is -0.489. The lowest BCUT2D eigenvalue weighted by Crippen LogP contribution is -2.51. The van der Waals surface area contributed by atoms with Gasteiger partial charge in [-0.3, -0.25) is 9.79 Å². The zero-order valence-corrected chi connectivity index (χ0v) is 20.3. The van der Waals surface area contributed by atoms with Gasteiger partial charge in [-0.15, -0.1) is 24.0 Å². The third-order valence-electron chi connectivity index (χ3n) is 6.19. The Morgan fingerprint density at radius 2 is 1.77 bits per heavy atom. The molecule has 168 valence electrons. The number of benzene rings is 1. The van der Waals surface area contributed by atoms with Crippen LogP contribution in [0.3, 0.4) is 0 Å². The number of carbonyl (C=O) groups is 1. The number of hydrogen-bond acceptors (Lipinski definition) is 2. The number of hydrogen-bond donors (Lipinski definition) is 2. The fraction of sp³-hybridized carbons (Fsp3) is 0.636. The Kier molecular flexibility index (Phi) is 9.31. The Balaban J connectivity index is 0.00000320. The summed E-state index contributed by atoms with van der Waals surface area (Å²) in [5.41, 5.74) is 0.161. The van der Waals surface area contributed by atoms with E-state index in [2.05, 4.69) is 29.5 Å². The number of halogens is 3. The minimum Gasteiger partial charge on any atom is -0.354 e. The minimum absolute atomic E-state index is 0. The first-order chi connectivity index (χ1) is 14.0. The van der Waals surface area contributed by atoms with Crippen LogP contribution in [0, 0.1) is 17.6 Å². The van der Waals surface area contributed by atoms with Gasteiger partial charge in [0, 0.05) is 49.6 Å². The summed E-state index contributed by atoms with van der Waals surface area (Å²) in [4.78, 5) is 18.8. The molecule has 30 heavy (non-hydrogen) atoms. The number of carbonyl (C=O) groups excluding carboxylic acids is 1. The predicted octanol–water partition coefficient (Wildman–Crippen LogP) is 4.03. The molecular weight excluding hydrogens is 501 g/mol. The number of rotatable bonds is 6. The van der Waals surface area contributed by atoms with Gasteiger partial charge in [0.25, 0.3) is 0 Å². The molecule has 1 aliphatic heterocycles. The van der Waals surface area contributed by atoms with Gasteiger partial charge in [0.1, 0.15) is 11.6 Å². The molecule has 0 bridgehead atoms. The van der Waals surface area contributed by atoms with Gasteiger partial charge in [0.05, 0.1) is 0 Å². The maximum Gasteiger partial charge on any atom is 0.225 e. The number of amides is 1. The maximum absolute atomic E-state index is 14.0. The van der Waals surface area contributed by atoms with Crippen molar-refractivity contribution in [1.82, 2.24) is 15.5 Å². The van der Waals surface area contributed by atoms with Gasteiger partial charge in [-0.1, -0.05) is 19.9 Å². The molecule has 1 aromatic rings. The van der Waals surface area contributed by atoms with Gasteiger partial charge in [0.2, 0.25) is 5.91 Å². The summed E-state index contributed by atoms with van der Waals surface area (Å²) < 4.78 is 27.9. The highest BCUT2D eigenvalue weighted by molar-refractivity contribution is 14.0. The Morgan fingerprint density at radius 1 is 1.17 bits per heavy atom. The van der Waals surface area contributed by atoms with Crippen molar-refractivity contribution in [3.05, 3.63) is 35.4 Å². The second kappa shape index (κ2) is 11.2. The van der Waals surface area contributed by atoms with Crippen molar-refractivity contribution in [2.24, 2.45) is 10.9 Å². The average Bonchev–Trinajstić information content (AvgIpc) is 3.47. The molecule has 0 radical (unpaired) electrons. The zero-order chi connectivity index (χ0) is 21.0. The summed E-state index contributed by atoms with van der Waals surface area (Å²) in [5, 5.41) is 6.69. The smallest absolute Gasteiger partial charge is 0.225 e. The van der Waals surface area contributed by atoms with Crippen LogP contribution in [0.1, 0.15) is 57.4 Å². The van der Waals surface area contributed by atoms with E-state index in [4.69, 9.17) is 0 Å². The Labute approximate surface area is 195 Å². The Hall–Kier alpha value is -1.45. The number of likely N-dealkylation sites (tertiary alicyclic amines) is 1. The van der Waals surface area contributed by atoms with E-state index in [0.29, 0.717) is 12.4 Å². The van der Waals surface area contributed by atoms with Gasteiger partial charge in [0.15, 0.2) is 5.96 Å². The summed E-state index contributed by atoms with van der Waals surface area (Å²) >= 11 is 0. The van der Waals surface area contributed by atoms with Gasteiger partial charge >= 0.3 is 0 Å². The molecule has 2 atom stereocenters. The zero-order valence-electron chi connectivity index (χ0n) is 18.0. The Morgan fingerprint density at radius 3 is 2.30 bits per heavy atom. The molecule has 1 aliphatic carbocycles. The number of nitrogens with zero attached hydrogens (tertiary/aromatic N) is 2. The fourth-order valence-corrected chi connectivity index (χ4v) is 4.22. The molecule has 3 rings (SSSR count). The molecule has 1 aromatic carbocycles. The molecule has 2 N–H and O–H groups in total. The van der Waals surface area contributed by atoms with Crippen molar-refractivity contribution >= 4 is 35.8 Å². The van der Waals surface area contributed by atoms with Crippen LogP contribution in [0.15, 0.2) is 23.2 Å². The summed E-state index contributed by atoms with van der Waals surface area (Å²) in [6.07, 6.45) is 4.18. The number of aliphatic imine (C=N–C) groups is 1. The molecule has 8 heteroatoms. The fourth-order valence-electron chi connectivity index (χ4n) is 4.22. The van der Waals surface area contributed by atoms with Crippen LogP contribution in [0.4, 0.5) is 8.78 Å². The molecule has 0 spiro atoms. The van der Waals surface area contributed by atoms with Crippen molar-refractivity contribution in [2.45, 2.75) is 64.0 Å². The van der Waals surface area contributed by atoms with Gasteiger partial charge in [-0.05, 0) is 44.2 Å². The van der Waals surface area contributed by atoms with E-state index in [1.807, 2.05) is 4.90 Å². The SMILES string of the molecule is CCC(CC)C(=O)N1CCC(NC(=NC)NC2CC2c2c(F)cccc2F)CC1.I. The van der Waals surface area contributed by atoms with Crippen LogP contribution in [-0.4, -0.2) is 49.0 Å². The van der Waals surface area contributed by atoms with Crippen molar-refractivity contribution in [3.63, 3.8) is 0 Å². The lowest BCUT2D eigenvalue weighted by Gasteiger charge is -2.35. The topological polar surface area (TPSA) is 56.7 Å². The summed E-state index contributed by atoms with van der Waals surface area (Å²) in [6.45, 7) is 5.62. The third kappa shape index (κ3) is 5.82. The van der Waals surface area contributed by atoms with Gasteiger partial charge in [-0.25, -0.2) is 8.78 Å². The lowest BCUT2D eigenvalue weighted by atomic mass is 9.98. The van der Waals surface area contributed by atoms with Crippen LogP contribution in [-0.2, 0) is 4.79 Å². The van der Waals surface area contributed by atoms with Crippen LogP contribution in [0.2, 0.25) is 0 Å². The maximum atomic E-state index is 14.0. The molecule has 1 saturated heterocycles. The molecule has 5 nitrogen and oxygen atoms in total. The number of guanidine groups is 1. The molecule has 2 aliphatic rings. The van der Waals surface area contributed by atoms with Gasteiger partial charge < -0.3 is 15.5 Å². The second-order valence-electron chi connectivity index (χ2n) is 8.06. The van der Waals surface area contributed by atoms with E-state index >= 15 is 0 Å². The van der Waals surface area contributed by atoms with Crippen molar-refractivity contribution in [3.8, 4) is 0 Å². The second-order valence-corrected chi connectivity index (χ2v) is 8.06. The lowest BCUT2D eigenvalue weighted by molar-refractivity contribution is -0.136. The Bertz CT molecular complexity index is 728. The first-order valence-electron chi connectivity index (χ1n) is 10.7. The predicted molar refractivity (Wildman–Crippen MR) is 126 cm³/mol. The highest BCUT2D eigenvalue weighted by Gasteiger charge is 2.42. The van der Waals surface area contributed by atoms with Crippen LogP contribution in [0.25, 0.3) is 0 Å². The standard InChI is InChI=1S/C22H32F2N4O.HI/c1-4-14(5-2)21(29)28-11-9-15(10-12-28)26-22(25-3)27-19-13-16(19)20-17(23)7-6-8-18(20)24;/h6-8,14-16,19H,4-5,9-13H2,1-3H3,(H2,25,26,27);1H. The van der Waals surface area contributed by atoms with E-state index in [-0.39, 0.29) is 59.4 Å². The summed E-state index contributed by atoms with van der Waals surface area (Å²) in [5.74, 6) is -0.107. The number of piperidine rings is 1. The first-order valence-corrected chi connectivity index (χ1v) is 10.7. The first kappa shape index (κ1) is 24.8. The van der Waals surface area contributed by atoms with Crippen molar-refractivity contribution in [1.29, 1.82) is 0 Å². The number of nitrogens with one attached hydrogen (secondary N) is 2. The van der Waals surface area contributed by atoms with Crippen molar-refractivity contribution < 1.29 is 13.6 Å². The van der Waals surface area contributed by atoms with E-state index in [0.717, 1.165) is 38.8 Å². The normalized spacial score (nSPS) is 21.9. The van der Waals surface area contributed by atoms with E-state index in [1.165, 1.54) is 18.2 Å². The van der Waals surface area contributed by atoms with E-state index in [9.17, 15) is 13.6 Å².